The summed E-state index contributed by atoms with van der Waals surface area (Å²) in [6, 6.07) is 17.7. The Morgan fingerprint density at radius 1 is 1.07 bits per heavy atom. The van der Waals surface area contributed by atoms with Crippen LogP contribution in [0.3, 0.4) is 0 Å². The molecule has 0 saturated carbocycles. The van der Waals surface area contributed by atoms with Gasteiger partial charge in [0.15, 0.2) is 0 Å². The third-order valence-electron chi connectivity index (χ3n) is 5.14. The summed E-state index contributed by atoms with van der Waals surface area (Å²) in [5.74, 6) is -0.0720. The summed E-state index contributed by atoms with van der Waals surface area (Å²) in [6.45, 7) is 3.72. The minimum atomic E-state index is -0.183. The van der Waals surface area contributed by atoms with E-state index in [2.05, 4.69) is 26.4 Å². The van der Waals surface area contributed by atoms with Gasteiger partial charge in [0, 0.05) is 12.1 Å². The van der Waals surface area contributed by atoms with Gasteiger partial charge in [-0.2, -0.15) is 5.10 Å². The molecule has 6 nitrogen and oxygen atoms in total. The fraction of sp³-hybridized carbons (Fsp3) is 0.318. The summed E-state index contributed by atoms with van der Waals surface area (Å²) < 4.78 is 1.74. The van der Waals surface area contributed by atoms with Gasteiger partial charge in [0.05, 0.1) is 12.6 Å². The second-order valence-electron chi connectivity index (χ2n) is 7.24. The number of carbonyl (C=O) groups is 1. The first kappa shape index (κ1) is 18.4. The van der Waals surface area contributed by atoms with Crippen molar-refractivity contribution in [2.45, 2.75) is 32.0 Å². The summed E-state index contributed by atoms with van der Waals surface area (Å²) in [5, 5.41) is 7.35. The van der Waals surface area contributed by atoms with Crippen molar-refractivity contribution >= 4 is 5.91 Å². The first-order valence-electron chi connectivity index (χ1n) is 9.77. The molecule has 0 aliphatic carbocycles. The third-order valence-corrected chi connectivity index (χ3v) is 5.14. The van der Waals surface area contributed by atoms with Crippen molar-refractivity contribution < 1.29 is 4.79 Å². The lowest BCUT2D eigenvalue weighted by atomic mass is 10.1. The molecule has 1 fully saturated rings. The fourth-order valence-corrected chi connectivity index (χ4v) is 3.69. The minimum Gasteiger partial charge on any atom is -0.343 e. The number of hydrogen-bond acceptors (Lipinski definition) is 4. The summed E-state index contributed by atoms with van der Waals surface area (Å²) in [6.07, 6.45) is 5.70. The van der Waals surface area contributed by atoms with Gasteiger partial charge >= 0.3 is 0 Å². The van der Waals surface area contributed by atoms with Crippen LogP contribution in [-0.4, -0.2) is 38.7 Å². The van der Waals surface area contributed by atoms with Crippen molar-refractivity contribution in [3.63, 3.8) is 0 Å². The summed E-state index contributed by atoms with van der Waals surface area (Å²) >= 11 is 0. The van der Waals surface area contributed by atoms with Crippen molar-refractivity contribution in [1.82, 2.24) is 25.0 Å². The molecule has 0 spiro atoms. The summed E-state index contributed by atoms with van der Waals surface area (Å²) in [7, 11) is 0. The molecule has 1 atom stereocenters. The van der Waals surface area contributed by atoms with Gasteiger partial charge in [-0.1, -0.05) is 42.5 Å². The molecular formula is C22H25N5O. The number of aromatic nitrogens is 3. The molecule has 1 aromatic heterocycles. The summed E-state index contributed by atoms with van der Waals surface area (Å²) in [4.78, 5) is 19.4. The lowest BCUT2D eigenvalue weighted by molar-refractivity contribution is 0.0931. The molecular weight excluding hydrogens is 350 g/mol. The van der Waals surface area contributed by atoms with E-state index in [9.17, 15) is 4.79 Å². The Morgan fingerprint density at radius 2 is 1.89 bits per heavy atom. The van der Waals surface area contributed by atoms with Gasteiger partial charge in [0.25, 0.3) is 5.91 Å². The topological polar surface area (TPSA) is 63.1 Å². The average molecular weight is 375 g/mol. The standard InChI is InChI=1S/C22H25N5O/c28-22(20-10-6-7-18(13-20)14-26-11-4-5-12-26)25-21(15-27-17-23-16-24-27)19-8-2-1-3-9-19/h1-3,6-10,13,16-17,21H,4-5,11-12,14-15H2,(H,25,28). The highest BCUT2D eigenvalue weighted by molar-refractivity contribution is 5.94. The number of nitrogens with one attached hydrogen (secondary N) is 1. The highest BCUT2D eigenvalue weighted by atomic mass is 16.1. The zero-order valence-electron chi connectivity index (χ0n) is 15.9. The Labute approximate surface area is 165 Å². The average Bonchev–Trinajstić information content (AvgIpc) is 3.43. The van der Waals surface area contributed by atoms with E-state index in [1.165, 1.54) is 24.7 Å². The maximum absolute atomic E-state index is 13.0. The van der Waals surface area contributed by atoms with Gasteiger partial charge in [-0.05, 0) is 49.2 Å². The molecule has 3 aromatic rings. The molecule has 144 valence electrons. The zero-order chi connectivity index (χ0) is 19.2. The number of nitrogens with zero attached hydrogens (tertiary/aromatic N) is 4. The minimum absolute atomic E-state index is 0.0720. The van der Waals surface area contributed by atoms with Crippen molar-refractivity contribution in [3.8, 4) is 0 Å². The van der Waals surface area contributed by atoms with Crippen molar-refractivity contribution in [1.29, 1.82) is 0 Å². The van der Waals surface area contributed by atoms with E-state index in [4.69, 9.17) is 0 Å². The van der Waals surface area contributed by atoms with Gasteiger partial charge in [-0.25, -0.2) is 4.98 Å². The van der Waals surface area contributed by atoms with Crippen LogP contribution in [0.4, 0.5) is 0 Å². The van der Waals surface area contributed by atoms with E-state index in [0.717, 1.165) is 25.2 Å². The number of likely N-dealkylation sites (tertiary alicyclic amines) is 1. The normalized spacial score (nSPS) is 15.4. The van der Waals surface area contributed by atoms with Crippen LogP contribution in [0.15, 0.2) is 67.3 Å². The number of benzene rings is 2. The van der Waals surface area contributed by atoms with E-state index in [-0.39, 0.29) is 11.9 Å². The van der Waals surface area contributed by atoms with Crippen LogP contribution in [0, 0.1) is 0 Å². The molecule has 4 rings (SSSR count). The molecule has 2 aromatic carbocycles. The van der Waals surface area contributed by atoms with Crippen LogP contribution < -0.4 is 5.32 Å². The Bertz CT molecular complexity index is 888. The van der Waals surface area contributed by atoms with Crippen LogP contribution in [0.2, 0.25) is 0 Å². The largest absolute Gasteiger partial charge is 0.343 e. The second kappa shape index (κ2) is 8.80. The van der Waals surface area contributed by atoms with Crippen LogP contribution in [0.25, 0.3) is 0 Å². The van der Waals surface area contributed by atoms with Crippen molar-refractivity contribution in [2.75, 3.05) is 13.1 Å². The SMILES string of the molecule is O=C(NC(Cn1cncn1)c1ccccc1)c1cccc(CN2CCCC2)c1. The predicted octanol–water partition coefficient (Wildman–Crippen LogP) is 3.05. The van der Waals surface area contributed by atoms with Crippen LogP contribution in [-0.2, 0) is 13.1 Å². The predicted molar refractivity (Wildman–Crippen MR) is 108 cm³/mol. The Balaban J connectivity index is 1.49. The molecule has 2 heterocycles. The lowest BCUT2D eigenvalue weighted by Crippen LogP contribution is -2.31. The maximum atomic E-state index is 13.0. The first-order chi connectivity index (χ1) is 13.8. The van der Waals surface area contributed by atoms with Crippen molar-refractivity contribution in [2.24, 2.45) is 0 Å². The molecule has 28 heavy (non-hydrogen) atoms. The van der Waals surface area contributed by atoms with Gasteiger partial charge < -0.3 is 5.32 Å². The van der Waals surface area contributed by atoms with Crippen LogP contribution in [0.1, 0.15) is 40.4 Å². The van der Waals surface area contributed by atoms with Crippen molar-refractivity contribution in [3.05, 3.63) is 83.9 Å². The molecule has 1 aliphatic heterocycles. The van der Waals surface area contributed by atoms with Crippen LogP contribution in [0.5, 0.6) is 0 Å². The first-order valence-corrected chi connectivity index (χ1v) is 9.77. The summed E-state index contributed by atoms with van der Waals surface area (Å²) in [5.41, 5.74) is 2.91. The molecule has 1 saturated heterocycles. The Hall–Kier alpha value is -2.99. The number of carbonyl (C=O) groups excluding carboxylic acids is 1. The monoisotopic (exact) mass is 375 g/mol. The number of hydrogen-bond donors (Lipinski definition) is 1. The Kier molecular flexibility index (Phi) is 5.77. The smallest absolute Gasteiger partial charge is 0.251 e. The van der Waals surface area contributed by atoms with E-state index in [1.807, 2.05) is 48.5 Å². The van der Waals surface area contributed by atoms with E-state index in [1.54, 1.807) is 11.0 Å². The molecule has 0 bridgehead atoms. The van der Waals surface area contributed by atoms with E-state index < -0.39 is 0 Å². The lowest BCUT2D eigenvalue weighted by Gasteiger charge is -2.20. The highest BCUT2D eigenvalue weighted by Gasteiger charge is 2.18. The highest BCUT2D eigenvalue weighted by Crippen LogP contribution is 2.17. The third kappa shape index (κ3) is 4.64. The number of amides is 1. The van der Waals surface area contributed by atoms with E-state index in [0.29, 0.717) is 12.1 Å². The Morgan fingerprint density at radius 3 is 2.64 bits per heavy atom. The zero-order valence-corrected chi connectivity index (χ0v) is 15.9. The molecule has 0 radical (unpaired) electrons. The molecule has 1 aliphatic rings. The van der Waals surface area contributed by atoms with Gasteiger partial charge in [0.1, 0.15) is 12.7 Å². The van der Waals surface area contributed by atoms with Gasteiger partial charge in [0.2, 0.25) is 0 Å². The molecule has 1 N–H and O–H groups in total. The second-order valence-corrected chi connectivity index (χ2v) is 7.24. The van der Waals surface area contributed by atoms with Gasteiger partial charge in [-0.3, -0.25) is 14.4 Å². The fourth-order valence-electron chi connectivity index (χ4n) is 3.69. The number of rotatable bonds is 7. The van der Waals surface area contributed by atoms with E-state index >= 15 is 0 Å². The molecule has 1 unspecified atom stereocenters. The van der Waals surface area contributed by atoms with Gasteiger partial charge in [-0.15, -0.1) is 0 Å². The molecule has 1 amide bonds. The molecule has 6 heteroatoms. The quantitative estimate of drug-likeness (QED) is 0.689. The maximum Gasteiger partial charge on any atom is 0.251 e. The van der Waals surface area contributed by atoms with Crippen LogP contribution >= 0.6 is 0 Å².